The summed E-state index contributed by atoms with van der Waals surface area (Å²) in [4.78, 5) is 21.2. The van der Waals surface area contributed by atoms with Gasteiger partial charge in [-0.15, -0.1) is 0 Å². The van der Waals surface area contributed by atoms with Crippen molar-refractivity contribution in [2.24, 2.45) is 22.6 Å². The minimum absolute atomic E-state index is 0.209. The predicted octanol–water partition coefficient (Wildman–Crippen LogP) is 2.85. The van der Waals surface area contributed by atoms with Gasteiger partial charge in [-0.05, 0) is 89.6 Å². The summed E-state index contributed by atoms with van der Waals surface area (Å²) in [6, 6.07) is 0. The topological polar surface area (TPSA) is 86.0 Å². The third kappa shape index (κ3) is 12.7. The first-order chi connectivity index (χ1) is 16.1. The monoisotopic (exact) mass is 464 g/mol. The van der Waals surface area contributed by atoms with Crippen LogP contribution in [0, 0.1) is 11.8 Å². The maximum atomic E-state index is 12.1. The molecule has 7 heteroatoms. The zero-order valence-corrected chi connectivity index (χ0v) is 21.6. The fourth-order valence-corrected chi connectivity index (χ4v) is 5.17. The molecule has 0 radical (unpaired) electrons. The number of aliphatic imine (C=N–C) groups is 1. The number of carbonyl (C=O) groups is 1. The Labute approximate surface area is 203 Å². The zero-order chi connectivity index (χ0) is 23.7. The van der Waals surface area contributed by atoms with Crippen molar-refractivity contribution in [3.05, 3.63) is 0 Å². The summed E-state index contributed by atoms with van der Waals surface area (Å²) >= 11 is 0. The number of likely N-dealkylation sites (tertiary alicyclic amines) is 2. The fraction of sp³-hybridized carbons (Fsp3) is 0.923. The van der Waals surface area contributed by atoms with Crippen LogP contribution < -0.4 is 16.4 Å². The Hall–Kier alpha value is -1.18. The van der Waals surface area contributed by atoms with E-state index in [-0.39, 0.29) is 5.91 Å². The second-order valence-electron chi connectivity index (χ2n) is 10.2. The van der Waals surface area contributed by atoms with Gasteiger partial charge >= 0.3 is 0 Å². The lowest BCUT2D eigenvalue weighted by atomic mass is 9.87. The number of carbonyl (C=O) groups excluding carboxylic acids is 1. The molecule has 2 heterocycles. The van der Waals surface area contributed by atoms with E-state index >= 15 is 0 Å². The smallest absolute Gasteiger partial charge is 0.221 e. The lowest BCUT2D eigenvalue weighted by molar-refractivity contribution is -0.121. The van der Waals surface area contributed by atoms with Gasteiger partial charge in [-0.1, -0.05) is 26.2 Å². The number of piperidine rings is 2. The SMILES string of the molecule is CCCNCCCNC(=O)CCN1CCC(CCCC2CCN(CCC(N)=NC)CC2)CC1. The quantitative estimate of drug-likeness (QED) is 0.186. The highest BCUT2D eigenvalue weighted by atomic mass is 16.1. The molecule has 0 aliphatic carbocycles. The van der Waals surface area contributed by atoms with Gasteiger partial charge in [-0.25, -0.2) is 0 Å². The van der Waals surface area contributed by atoms with Gasteiger partial charge in [0.05, 0.1) is 5.84 Å². The van der Waals surface area contributed by atoms with Crippen LogP contribution in [0.3, 0.4) is 0 Å². The first-order valence-electron chi connectivity index (χ1n) is 13.7. The average molecular weight is 465 g/mol. The summed E-state index contributed by atoms with van der Waals surface area (Å²) in [5.41, 5.74) is 5.83. The van der Waals surface area contributed by atoms with Crippen LogP contribution in [0.1, 0.15) is 77.6 Å². The first-order valence-corrected chi connectivity index (χ1v) is 13.7. The fourth-order valence-electron chi connectivity index (χ4n) is 5.17. The maximum Gasteiger partial charge on any atom is 0.221 e. The normalized spacial score (nSPS) is 19.8. The first kappa shape index (κ1) is 28.1. The standard InChI is InChI=1S/C26H52N6O/c1-3-14-29-15-5-16-30-26(33)13-22-32-19-10-24(11-20-32)7-4-6-23-8-17-31(18-9-23)21-12-25(27)28-2/h23-24,29H,3-22H2,1-2H3,(H2,27,28)(H,30,33). The van der Waals surface area contributed by atoms with Crippen LogP contribution in [0.4, 0.5) is 0 Å². The zero-order valence-electron chi connectivity index (χ0n) is 21.6. The number of nitrogens with zero attached hydrogens (tertiary/aromatic N) is 3. The van der Waals surface area contributed by atoms with E-state index in [0.717, 1.165) is 69.7 Å². The summed E-state index contributed by atoms with van der Waals surface area (Å²) < 4.78 is 0. The third-order valence-electron chi connectivity index (χ3n) is 7.54. The van der Waals surface area contributed by atoms with Crippen molar-refractivity contribution in [1.29, 1.82) is 0 Å². The summed E-state index contributed by atoms with van der Waals surface area (Å²) in [6.07, 6.45) is 13.2. The molecule has 1 amide bonds. The molecule has 2 saturated heterocycles. The minimum Gasteiger partial charge on any atom is -0.387 e. The van der Waals surface area contributed by atoms with E-state index in [4.69, 9.17) is 5.73 Å². The van der Waals surface area contributed by atoms with Crippen LogP contribution in [-0.4, -0.2) is 87.5 Å². The molecule has 0 spiro atoms. The van der Waals surface area contributed by atoms with Crippen molar-refractivity contribution in [1.82, 2.24) is 20.4 Å². The van der Waals surface area contributed by atoms with Crippen molar-refractivity contribution in [2.75, 3.05) is 66.0 Å². The Balaban J connectivity index is 1.44. The van der Waals surface area contributed by atoms with Crippen LogP contribution >= 0.6 is 0 Å². The van der Waals surface area contributed by atoms with Gasteiger partial charge in [-0.2, -0.15) is 0 Å². The number of amidine groups is 1. The molecular weight excluding hydrogens is 412 g/mol. The lowest BCUT2D eigenvalue weighted by Crippen LogP contribution is -2.37. The van der Waals surface area contributed by atoms with Gasteiger partial charge in [0.1, 0.15) is 0 Å². The summed E-state index contributed by atoms with van der Waals surface area (Å²) in [7, 11) is 1.78. The highest BCUT2D eigenvalue weighted by Crippen LogP contribution is 2.27. The second kappa shape index (κ2) is 17.3. The van der Waals surface area contributed by atoms with Crippen molar-refractivity contribution >= 4 is 11.7 Å². The molecule has 0 aromatic rings. The molecule has 33 heavy (non-hydrogen) atoms. The number of hydrogen-bond acceptors (Lipinski definition) is 5. The van der Waals surface area contributed by atoms with Gasteiger partial charge in [-0.3, -0.25) is 9.79 Å². The van der Waals surface area contributed by atoms with Crippen molar-refractivity contribution in [2.45, 2.75) is 77.6 Å². The molecule has 4 N–H and O–H groups in total. The number of nitrogens with two attached hydrogens (primary N) is 1. The molecule has 0 saturated carbocycles. The maximum absolute atomic E-state index is 12.1. The van der Waals surface area contributed by atoms with E-state index in [9.17, 15) is 4.79 Å². The molecule has 0 unspecified atom stereocenters. The van der Waals surface area contributed by atoms with Crippen LogP contribution in [0.15, 0.2) is 4.99 Å². The van der Waals surface area contributed by atoms with Crippen LogP contribution in [0.5, 0.6) is 0 Å². The predicted molar refractivity (Wildman–Crippen MR) is 140 cm³/mol. The van der Waals surface area contributed by atoms with Gasteiger partial charge in [0.15, 0.2) is 0 Å². The largest absolute Gasteiger partial charge is 0.387 e. The molecule has 0 aromatic carbocycles. The molecule has 0 bridgehead atoms. The number of hydrogen-bond donors (Lipinski definition) is 3. The molecular formula is C26H52N6O. The van der Waals surface area contributed by atoms with Crippen molar-refractivity contribution < 1.29 is 4.79 Å². The van der Waals surface area contributed by atoms with E-state index in [1.54, 1.807) is 7.05 Å². The van der Waals surface area contributed by atoms with Crippen LogP contribution in [-0.2, 0) is 4.79 Å². The van der Waals surface area contributed by atoms with Gasteiger partial charge in [0.2, 0.25) is 5.91 Å². The van der Waals surface area contributed by atoms with E-state index in [1.807, 2.05) is 0 Å². The number of amides is 1. The number of nitrogens with one attached hydrogen (secondary N) is 2. The Morgan fingerprint density at radius 2 is 1.45 bits per heavy atom. The Kier molecular flexibility index (Phi) is 14.7. The van der Waals surface area contributed by atoms with Crippen molar-refractivity contribution in [3.63, 3.8) is 0 Å². The Bertz CT molecular complexity index is 539. The Morgan fingerprint density at radius 1 is 0.879 bits per heavy atom. The summed E-state index contributed by atoms with van der Waals surface area (Å²) in [5.74, 6) is 2.79. The molecule has 0 aromatic heterocycles. The highest BCUT2D eigenvalue weighted by molar-refractivity contribution is 5.80. The van der Waals surface area contributed by atoms with Gasteiger partial charge in [0.25, 0.3) is 0 Å². The van der Waals surface area contributed by atoms with Crippen LogP contribution in [0.25, 0.3) is 0 Å². The molecule has 7 nitrogen and oxygen atoms in total. The van der Waals surface area contributed by atoms with Gasteiger partial charge < -0.3 is 26.2 Å². The van der Waals surface area contributed by atoms with Gasteiger partial charge in [0, 0.05) is 39.5 Å². The molecule has 0 atom stereocenters. The summed E-state index contributed by atoms with van der Waals surface area (Å²) in [6.45, 7) is 11.8. The van der Waals surface area contributed by atoms with E-state index in [0.29, 0.717) is 6.42 Å². The molecule has 2 aliphatic rings. The lowest BCUT2D eigenvalue weighted by Gasteiger charge is -2.33. The minimum atomic E-state index is 0.209. The highest BCUT2D eigenvalue weighted by Gasteiger charge is 2.22. The molecule has 2 aliphatic heterocycles. The van der Waals surface area contributed by atoms with E-state index in [1.165, 1.54) is 71.1 Å². The third-order valence-corrected chi connectivity index (χ3v) is 7.54. The second-order valence-corrected chi connectivity index (χ2v) is 10.2. The molecule has 2 rings (SSSR count). The van der Waals surface area contributed by atoms with Crippen molar-refractivity contribution in [3.8, 4) is 0 Å². The van der Waals surface area contributed by atoms with E-state index in [2.05, 4.69) is 32.3 Å². The Morgan fingerprint density at radius 3 is 2.00 bits per heavy atom. The average Bonchev–Trinajstić information content (AvgIpc) is 2.85. The van der Waals surface area contributed by atoms with Crippen LogP contribution in [0.2, 0.25) is 0 Å². The summed E-state index contributed by atoms with van der Waals surface area (Å²) in [5, 5.41) is 6.44. The molecule has 192 valence electrons. The number of rotatable bonds is 16. The van der Waals surface area contributed by atoms with E-state index < -0.39 is 0 Å². The molecule has 2 fully saturated rings.